The zero-order valence-electron chi connectivity index (χ0n) is 9.00. The van der Waals surface area contributed by atoms with Crippen LogP contribution in [0.15, 0.2) is 54.6 Å². The summed E-state index contributed by atoms with van der Waals surface area (Å²) in [4.78, 5) is 24.3. The third-order valence-corrected chi connectivity index (χ3v) is 4.52. The van der Waals surface area contributed by atoms with Crippen LogP contribution in [-0.4, -0.2) is 21.6 Å². The van der Waals surface area contributed by atoms with Crippen LogP contribution in [0.4, 0.5) is 0 Å². The Morgan fingerprint density at radius 3 is 2.59 bits per heavy atom. The summed E-state index contributed by atoms with van der Waals surface area (Å²) < 4.78 is -0.609. The second kappa shape index (κ2) is 3.70. The quantitative estimate of drug-likeness (QED) is 0.464. The van der Waals surface area contributed by atoms with Gasteiger partial charge in [0.2, 0.25) is 11.6 Å². The minimum absolute atomic E-state index is 0.146. The van der Waals surface area contributed by atoms with Crippen LogP contribution in [0.2, 0.25) is 0 Å². The number of allylic oxidation sites excluding steroid dienone is 2. The lowest BCUT2D eigenvalue weighted by Gasteiger charge is -2.09. The number of rotatable bonds is 3. The minimum Gasteiger partial charge on any atom is -0.288 e. The second-order valence-corrected chi connectivity index (χ2v) is 5.52. The summed E-state index contributed by atoms with van der Waals surface area (Å²) in [5.74, 6) is -0.695. The van der Waals surface area contributed by atoms with Crippen LogP contribution in [0.5, 0.6) is 0 Å². The highest BCUT2D eigenvalue weighted by Gasteiger charge is 2.60. The molecule has 0 bridgehead atoms. The van der Waals surface area contributed by atoms with E-state index < -0.39 is 4.75 Å². The SMILES string of the molecule is O=C(C(=O)C12C=CC=CC1S2)c1ccccc1. The summed E-state index contributed by atoms with van der Waals surface area (Å²) in [7, 11) is 0. The van der Waals surface area contributed by atoms with Crippen molar-refractivity contribution in [1.29, 1.82) is 0 Å². The Balaban J connectivity index is 1.88. The van der Waals surface area contributed by atoms with Crippen molar-refractivity contribution in [3.63, 3.8) is 0 Å². The monoisotopic (exact) mass is 242 g/mol. The first-order valence-electron chi connectivity index (χ1n) is 5.42. The molecule has 17 heavy (non-hydrogen) atoms. The van der Waals surface area contributed by atoms with Gasteiger partial charge in [0.25, 0.3) is 0 Å². The molecule has 1 aliphatic heterocycles. The van der Waals surface area contributed by atoms with Gasteiger partial charge in [-0.15, -0.1) is 11.8 Å². The van der Waals surface area contributed by atoms with Crippen LogP contribution in [0, 0.1) is 0 Å². The van der Waals surface area contributed by atoms with Gasteiger partial charge in [0.1, 0.15) is 4.75 Å². The number of carbonyl (C=O) groups is 2. The first kappa shape index (κ1) is 10.5. The molecular formula is C14H10O2S. The highest BCUT2D eigenvalue weighted by Crippen LogP contribution is 2.57. The molecule has 2 aliphatic rings. The number of Topliss-reactive ketones (excluding diaryl/α,β-unsaturated/α-hetero) is 2. The van der Waals surface area contributed by atoms with E-state index in [-0.39, 0.29) is 16.8 Å². The fourth-order valence-corrected chi connectivity index (χ4v) is 3.15. The molecule has 1 aromatic carbocycles. The molecule has 0 saturated carbocycles. The van der Waals surface area contributed by atoms with Gasteiger partial charge in [-0.1, -0.05) is 54.6 Å². The van der Waals surface area contributed by atoms with Gasteiger partial charge in [0, 0.05) is 5.56 Å². The fraction of sp³-hybridized carbons (Fsp3) is 0.143. The maximum atomic E-state index is 12.2. The van der Waals surface area contributed by atoms with Gasteiger partial charge in [-0.05, 0) is 0 Å². The maximum Gasteiger partial charge on any atom is 0.230 e. The Morgan fingerprint density at radius 2 is 1.88 bits per heavy atom. The predicted molar refractivity (Wildman–Crippen MR) is 68.2 cm³/mol. The van der Waals surface area contributed by atoms with E-state index in [0.717, 1.165) is 0 Å². The van der Waals surface area contributed by atoms with Crippen LogP contribution in [0.3, 0.4) is 0 Å². The lowest BCUT2D eigenvalue weighted by molar-refractivity contribution is -0.115. The number of thioether (sulfide) groups is 1. The predicted octanol–water partition coefficient (Wildman–Crippen LogP) is 2.42. The van der Waals surface area contributed by atoms with Crippen molar-refractivity contribution in [2.45, 2.75) is 10.00 Å². The lowest BCUT2D eigenvalue weighted by Crippen LogP contribution is -2.31. The Labute approximate surface area is 103 Å². The van der Waals surface area contributed by atoms with Gasteiger partial charge in [0.05, 0.1) is 5.25 Å². The van der Waals surface area contributed by atoms with Gasteiger partial charge in [-0.2, -0.15) is 0 Å². The smallest absolute Gasteiger partial charge is 0.230 e. The average molecular weight is 242 g/mol. The molecule has 0 amide bonds. The van der Waals surface area contributed by atoms with Gasteiger partial charge in [0.15, 0.2) is 0 Å². The second-order valence-electron chi connectivity index (χ2n) is 4.10. The van der Waals surface area contributed by atoms with Crippen LogP contribution >= 0.6 is 11.8 Å². The molecule has 2 nitrogen and oxygen atoms in total. The fourth-order valence-electron chi connectivity index (χ4n) is 2.01. The largest absolute Gasteiger partial charge is 0.288 e. The standard InChI is InChI=1S/C14H10O2S/c15-12(10-6-2-1-3-7-10)13(16)14-9-5-4-8-11(14)17-14/h1-9,11H. The summed E-state index contributed by atoms with van der Waals surface area (Å²) in [5, 5.41) is 0.146. The van der Waals surface area contributed by atoms with Crippen molar-refractivity contribution in [2.75, 3.05) is 0 Å². The molecule has 0 N–H and O–H groups in total. The van der Waals surface area contributed by atoms with E-state index in [2.05, 4.69) is 0 Å². The third-order valence-electron chi connectivity index (χ3n) is 3.03. The van der Waals surface area contributed by atoms with Gasteiger partial charge in [-0.3, -0.25) is 9.59 Å². The number of hydrogen-bond acceptors (Lipinski definition) is 3. The van der Waals surface area contributed by atoms with E-state index in [1.807, 2.05) is 30.4 Å². The molecule has 1 aromatic rings. The van der Waals surface area contributed by atoms with E-state index in [1.165, 1.54) is 11.8 Å². The number of carbonyl (C=O) groups excluding carboxylic acids is 2. The van der Waals surface area contributed by atoms with E-state index in [1.54, 1.807) is 24.3 Å². The van der Waals surface area contributed by atoms with Crippen LogP contribution in [0.1, 0.15) is 10.4 Å². The first-order chi connectivity index (χ1) is 8.24. The van der Waals surface area contributed by atoms with Crippen LogP contribution < -0.4 is 0 Å². The molecule has 3 heteroatoms. The maximum absolute atomic E-state index is 12.2. The van der Waals surface area contributed by atoms with Crippen molar-refractivity contribution in [2.24, 2.45) is 0 Å². The van der Waals surface area contributed by atoms with E-state index in [9.17, 15) is 9.59 Å². The highest BCUT2D eigenvalue weighted by molar-refractivity contribution is 8.10. The van der Waals surface area contributed by atoms with Crippen molar-refractivity contribution in [1.82, 2.24) is 0 Å². The summed E-state index contributed by atoms with van der Waals surface area (Å²) in [6.07, 6.45) is 7.57. The van der Waals surface area contributed by atoms with Gasteiger partial charge >= 0.3 is 0 Å². The molecule has 1 saturated heterocycles. The molecular weight excluding hydrogens is 232 g/mol. The summed E-state index contributed by atoms with van der Waals surface area (Å²) in [6.45, 7) is 0. The van der Waals surface area contributed by atoms with Crippen LogP contribution in [0.25, 0.3) is 0 Å². The zero-order chi connectivity index (χ0) is 11.9. The number of hydrogen-bond donors (Lipinski definition) is 0. The number of benzene rings is 1. The van der Waals surface area contributed by atoms with Gasteiger partial charge in [-0.25, -0.2) is 0 Å². The number of fused-ring (bicyclic) bond motifs is 1. The highest BCUT2D eigenvalue weighted by atomic mass is 32.2. The normalized spacial score (nSPS) is 28.6. The zero-order valence-corrected chi connectivity index (χ0v) is 9.81. The van der Waals surface area contributed by atoms with E-state index in [0.29, 0.717) is 5.56 Å². The molecule has 1 heterocycles. The Hall–Kier alpha value is -1.61. The summed E-state index contributed by atoms with van der Waals surface area (Å²) in [5.41, 5.74) is 0.473. The molecule has 2 unspecified atom stereocenters. The Bertz CT molecular complexity index is 545. The van der Waals surface area contributed by atoms with Crippen molar-refractivity contribution < 1.29 is 9.59 Å². The molecule has 3 rings (SSSR count). The molecule has 0 aromatic heterocycles. The van der Waals surface area contributed by atoms with Crippen molar-refractivity contribution >= 4 is 23.3 Å². The minimum atomic E-state index is -0.609. The molecule has 0 radical (unpaired) electrons. The molecule has 1 fully saturated rings. The van der Waals surface area contributed by atoms with E-state index >= 15 is 0 Å². The topological polar surface area (TPSA) is 34.1 Å². The van der Waals surface area contributed by atoms with E-state index in [4.69, 9.17) is 0 Å². The molecule has 1 aliphatic carbocycles. The van der Waals surface area contributed by atoms with Crippen molar-refractivity contribution in [3.05, 3.63) is 60.2 Å². The lowest BCUT2D eigenvalue weighted by atomic mass is 9.91. The van der Waals surface area contributed by atoms with Crippen molar-refractivity contribution in [3.8, 4) is 0 Å². The Morgan fingerprint density at radius 1 is 1.12 bits per heavy atom. The average Bonchev–Trinajstić information content (AvgIpc) is 3.14. The number of ketones is 2. The Kier molecular flexibility index (Phi) is 2.30. The molecule has 0 spiro atoms. The van der Waals surface area contributed by atoms with Crippen LogP contribution in [-0.2, 0) is 4.79 Å². The molecule has 2 atom stereocenters. The third kappa shape index (κ3) is 1.58. The summed E-state index contributed by atoms with van der Waals surface area (Å²) >= 11 is 1.53. The molecule has 84 valence electrons. The first-order valence-corrected chi connectivity index (χ1v) is 6.30. The summed E-state index contributed by atoms with van der Waals surface area (Å²) in [6, 6.07) is 8.73. The van der Waals surface area contributed by atoms with Gasteiger partial charge < -0.3 is 0 Å².